The molecule has 0 aliphatic heterocycles. The van der Waals surface area contributed by atoms with E-state index in [1.807, 2.05) is 24.3 Å². The summed E-state index contributed by atoms with van der Waals surface area (Å²) in [6.45, 7) is 4.74. The molecule has 0 aliphatic carbocycles. The lowest BCUT2D eigenvalue weighted by Gasteiger charge is -2.09. The normalized spacial score (nSPS) is 10.9. The molecular formula is C19H21N3O2S2. The van der Waals surface area contributed by atoms with Crippen LogP contribution in [0.15, 0.2) is 35.6 Å². The van der Waals surface area contributed by atoms with Crippen molar-refractivity contribution in [3.63, 3.8) is 0 Å². The molecule has 0 saturated carbocycles. The number of nitrogens with zero attached hydrogens (tertiary/aromatic N) is 2. The minimum absolute atomic E-state index is 0.00117. The molecule has 3 rings (SSSR count). The number of aromatic nitrogens is 2. The van der Waals surface area contributed by atoms with E-state index < -0.39 is 0 Å². The fourth-order valence-electron chi connectivity index (χ4n) is 2.69. The Morgan fingerprint density at radius 2 is 2.08 bits per heavy atom. The summed E-state index contributed by atoms with van der Waals surface area (Å²) in [6.07, 6.45) is 2.31. The molecule has 3 aromatic rings. The van der Waals surface area contributed by atoms with Crippen molar-refractivity contribution in [1.29, 1.82) is 0 Å². The van der Waals surface area contributed by atoms with Crippen molar-refractivity contribution >= 4 is 39.2 Å². The van der Waals surface area contributed by atoms with Gasteiger partial charge < -0.3 is 10.1 Å². The number of ether oxygens (including phenoxy) is 1. The third kappa shape index (κ3) is 4.16. The number of nitrogens with one attached hydrogen (secondary N) is 1. The monoisotopic (exact) mass is 387 g/mol. The number of methoxy groups -OCH3 is 1. The van der Waals surface area contributed by atoms with Crippen molar-refractivity contribution in [2.75, 3.05) is 19.4 Å². The minimum Gasteiger partial charge on any atom is -0.496 e. The van der Waals surface area contributed by atoms with Crippen molar-refractivity contribution in [2.45, 2.75) is 25.3 Å². The van der Waals surface area contributed by atoms with Crippen LogP contribution >= 0.6 is 23.1 Å². The molecule has 2 heterocycles. The molecule has 136 valence electrons. The van der Waals surface area contributed by atoms with Crippen LogP contribution in [0.2, 0.25) is 0 Å². The zero-order valence-corrected chi connectivity index (χ0v) is 16.7. The summed E-state index contributed by atoms with van der Waals surface area (Å²) in [6, 6.07) is 7.85. The molecule has 0 aliphatic rings. The van der Waals surface area contributed by atoms with Crippen LogP contribution in [-0.2, 0) is 11.2 Å². The Balaban J connectivity index is 1.55. The molecule has 1 N–H and O–H groups in total. The number of hydrogen-bond donors (Lipinski definition) is 1. The van der Waals surface area contributed by atoms with E-state index in [0.717, 1.165) is 33.0 Å². The first-order chi connectivity index (χ1) is 12.6. The number of benzene rings is 1. The molecule has 0 unspecified atom stereocenters. The Hall–Kier alpha value is -2.12. The maximum atomic E-state index is 12.2. The number of carbonyl (C=O) groups is 1. The van der Waals surface area contributed by atoms with Crippen LogP contribution in [0.1, 0.15) is 16.0 Å². The van der Waals surface area contributed by atoms with Crippen LogP contribution < -0.4 is 10.1 Å². The van der Waals surface area contributed by atoms with E-state index >= 15 is 0 Å². The lowest BCUT2D eigenvalue weighted by atomic mass is 10.1. The van der Waals surface area contributed by atoms with Gasteiger partial charge in [-0.25, -0.2) is 9.97 Å². The number of thioether (sulfide) groups is 1. The molecule has 0 radical (unpaired) electrons. The highest BCUT2D eigenvalue weighted by molar-refractivity contribution is 8.00. The van der Waals surface area contributed by atoms with E-state index in [9.17, 15) is 4.79 Å². The van der Waals surface area contributed by atoms with Crippen LogP contribution in [0, 0.1) is 13.8 Å². The average Bonchev–Trinajstić information content (AvgIpc) is 2.95. The summed E-state index contributed by atoms with van der Waals surface area (Å²) in [5, 5.41) is 4.91. The fourth-order valence-corrected chi connectivity index (χ4v) is 4.64. The molecule has 0 saturated heterocycles. The van der Waals surface area contributed by atoms with Gasteiger partial charge in [0.15, 0.2) is 0 Å². The zero-order chi connectivity index (χ0) is 18.5. The maximum Gasteiger partial charge on any atom is 0.230 e. The molecule has 0 fully saturated rings. The predicted octanol–water partition coefficient (Wildman–Crippen LogP) is 3.77. The fraction of sp³-hybridized carbons (Fsp3) is 0.316. The van der Waals surface area contributed by atoms with E-state index in [1.54, 1.807) is 24.8 Å². The summed E-state index contributed by atoms with van der Waals surface area (Å²) in [4.78, 5) is 23.1. The van der Waals surface area contributed by atoms with E-state index in [0.29, 0.717) is 12.3 Å². The summed E-state index contributed by atoms with van der Waals surface area (Å²) in [5.41, 5.74) is 2.29. The van der Waals surface area contributed by atoms with E-state index in [-0.39, 0.29) is 5.91 Å². The summed E-state index contributed by atoms with van der Waals surface area (Å²) >= 11 is 3.12. The third-order valence-corrected chi connectivity index (χ3v) is 6.28. The highest BCUT2D eigenvalue weighted by Gasteiger charge is 2.13. The molecule has 1 aromatic carbocycles. The third-order valence-electron chi connectivity index (χ3n) is 4.18. The molecule has 2 aromatic heterocycles. The van der Waals surface area contributed by atoms with Gasteiger partial charge in [-0.1, -0.05) is 30.0 Å². The van der Waals surface area contributed by atoms with Gasteiger partial charge in [-0.3, -0.25) is 4.79 Å². The van der Waals surface area contributed by atoms with Gasteiger partial charge in [0.25, 0.3) is 0 Å². The molecule has 5 nitrogen and oxygen atoms in total. The van der Waals surface area contributed by atoms with Crippen molar-refractivity contribution in [2.24, 2.45) is 0 Å². The van der Waals surface area contributed by atoms with Gasteiger partial charge in [0.05, 0.1) is 12.9 Å². The number of fused-ring (bicyclic) bond motifs is 1. The first-order valence-electron chi connectivity index (χ1n) is 8.32. The van der Waals surface area contributed by atoms with Crippen LogP contribution in [-0.4, -0.2) is 35.3 Å². The highest BCUT2D eigenvalue weighted by atomic mass is 32.2. The lowest BCUT2D eigenvalue weighted by Crippen LogP contribution is -2.27. The number of amides is 1. The summed E-state index contributed by atoms with van der Waals surface area (Å²) < 4.78 is 5.33. The van der Waals surface area contributed by atoms with Gasteiger partial charge in [0.1, 0.15) is 21.9 Å². The smallest absolute Gasteiger partial charge is 0.230 e. The first kappa shape index (κ1) is 18.7. The zero-order valence-electron chi connectivity index (χ0n) is 15.0. The molecule has 0 bridgehead atoms. The van der Waals surface area contributed by atoms with Gasteiger partial charge in [0, 0.05) is 16.8 Å². The van der Waals surface area contributed by atoms with Gasteiger partial charge in [-0.2, -0.15) is 0 Å². The van der Waals surface area contributed by atoms with E-state index in [4.69, 9.17) is 4.74 Å². The van der Waals surface area contributed by atoms with Crippen LogP contribution in [0.3, 0.4) is 0 Å². The second kappa shape index (κ2) is 8.51. The summed E-state index contributed by atoms with van der Waals surface area (Å²) in [7, 11) is 1.66. The predicted molar refractivity (Wildman–Crippen MR) is 107 cm³/mol. The second-order valence-electron chi connectivity index (χ2n) is 5.84. The van der Waals surface area contributed by atoms with Crippen LogP contribution in [0.5, 0.6) is 5.75 Å². The lowest BCUT2D eigenvalue weighted by molar-refractivity contribution is -0.118. The average molecular weight is 388 g/mol. The van der Waals surface area contributed by atoms with E-state index in [1.165, 1.54) is 22.2 Å². The largest absolute Gasteiger partial charge is 0.496 e. The molecular weight excluding hydrogens is 366 g/mol. The van der Waals surface area contributed by atoms with Crippen LogP contribution in [0.4, 0.5) is 0 Å². The van der Waals surface area contributed by atoms with Crippen LogP contribution in [0.25, 0.3) is 10.2 Å². The molecule has 7 heteroatoms. The van der Waals surface area contributed by atoms with Crippen molar-refractivity contribution in [1.82, 2.24) is 15.3 Å². The van der Waals surface area contributed by atoms with Gasteiger partial charge in [-0.05, 0) is 37.5 Å². The topological polar surface area (TPSA) is 64.1 Å². The Kier molecular flexibility index (Phi) is 6.11. The minimum atomic E-state index is 0.00117. The van der Waals surface area contributed by atoms with Gasteiger partial charge in [0.2, 0.25) is 5.91 Å². The van der Waals surface area contributed by atoms with E-state index in [2.05, 4.69) is 29.1 Å². The van der Waals surface area contributed by atoms with Crippen molar-refractivity contribution in [3.05, 3.63) is 46.6 Å². The number of carbonyl (C=O) groups excluding carboxylic acids is 1. The molecule has 0 atom stereocenters. The quantitative estimate of drug-likeness (QED) is 0.494. The number of aryl methyl sites for hydroxylation is 2. The Bertz CT molecular complexity index is 924. The Morgan fingerprint density at radius 1 is 1.27 bits per heavy atom. The second-order valence-corrected chi connectivity index (χ2v) is 8.01. The number of thiophene rings is 1. The molecule has 1 amide bonds. The van der Waals surface area contributed by atoms with Crippen molar-refractivity contribution < 1.29 is 9.53 Å². The Labute approximate surface area is 161 Å². The standard InChI is InChI=1S/C19H21N3O2S2/c1-12-13(2)26-19-17(12)18(21-11-22-19)25-10-16(23)20-9-8-14-6-4-5-7-15(14)24-3/h4-7,11H,8-10H2,1-3H3,(H,20,23). The highest BCUT2D eigenvalue weighted by Crippen LogP contribution is 2.34. The number of hydrogen-bond acceptors (Lipinski definition) is 6. The first-order valence-corrected chi connectivity index (χ1v) is 10.1. The summed E-state index contributed by atoms with van der Waals surface area (Å²) in [5.74, 6) is 1.19. The SMILES string of the molecule is COc1ccccc1CCNC(=O)CSc1ncnc2sc(C)c(C)c12. The Morgan fingerprint density at radius 3 is 2.88 bits per heavy atom. The molecule has 26 heavy (non-hydrogen) atoms. The van der Waals surface area contributed by atoms with Crippen molar-refractivity contribution in [3.8, 4) is 5.75 Å². The number of rotatable bonds is 7. The van der Waals surface area contributed by atoms with Gasteiger partial charge in [-0.15, -0.1) is 11.3 Å². The van der Waals surface area contributed by atoms with Gasteiger partial charge >= 0.3 is 0 Å². The number of para-hydroxylation sites is 1. The maximum absolute atomic E-state index is 12.2. The molecule has 0 spiro atoms.